The van der Waals surface area contributed by atoms with Crippen molar-refractivity contribution in [3.63, 3.8) is 0 Å². The molecule has 0 radical (unpaired) electrons. The van der Waals surface area contributed by atoms with Gasteiger partial charge >= 0.3 is 0 Å². The summed E-state index contributed by atoms with van der Waals surface area (Å²) in [5, 5.41) is 7.19. The first-order valence-corrected chi connectivity index (χ1v) is 10.1. The van der Waals surface area contributed by atoms with Crippen LogP contribution in [0.3, 0.4) is 0 Å². The molecule has 0 saturated heterocycles. The van der Waals surface area contributed by atoms with Gasteiger partial charge in [-0.25, -0.2) is 4.98 Å². The van der Waals surface area contributed by atoms with Gasteiger partial charge in [0.25, 0.3) is 10.9 Å². The largest absolute Gasteiger partial charge is 0.378 e. The Bertz CT molecular complexity index is 984. The van der Waals surface area contributed by atoms with E-state index in [2.05, 4.69) is 32.7 Å². The van der Waals surface area contributed by atoms with Crippen LogP contribution in [0.15, 0.2) is 39.9 Å². The number of anilines is 2. The van der Waals surface area contributed by atoms with E-state index in [-0.39, 0.29) is 6.04 Å². The van der Waals surface area contributed by atoms with Crippen LogP contribution < -0.4 is 21.5 Å². The minimum atomic E-state index is -0.461. The summed E-state index contributed by atoms with van der Waals surface area (Å²) in [6.07, 6.45) is 0.858. The summed E-state index contributed by atoms with van der Waals surface area (Å²) >= 11 is 1.60. The summed E-state index contributed by atoms with van der Waals surface area (Å²) < 4.78 is 0. The molecule has 0 saturated carbocycles. The smallest absolute Gasteiger partial charge is 0.253 e. The molecule has 0 fully saturated rings. The number of nitrogens with zero attached hydrogens (tertiary/aromatic N) is 2. The van der Waals surface area contributed by atoms with E-state index in [1.165, 1.54) is 5.56 Å². The van der Waals surface area contributed by atoms with Crippen LogP contribution in [0.25, 0.3) is 0 Å². The van der Waals surface area contributed by atoms with E-state index in [1.54, 1.807) is 11.3 Å². The lowest BCUT2D eigenvalue weighted by Crippen LogP contribution is -2.42. The van der Waals surface area contributed by atoms with Crippen molar-refractivity contribution >= 4 is 22.7 Å². The Labute approximate surface area is 168 Å². The van der Waals surface area contributed by atoms with Crippen LogP contribution in [0.5, 0.6) is 0 Å². The number of hydrogen-bond acceptors (Lipinski definition) is 7. The van der Waals surface area contributed by atoms with Crippen molar-refractivity contribution < 1.29 is 0 Å². The first kappa shape index (κ1) is 20.2. The third-order valence-corrected chi connectivity index (χ3v) is 6.03. The average Bonchev–Trinajstić information content (AvgIpc) is 3.00. The molecule has 148 valence electrons. The molecular formula is C21H26N4O2S. The molecule has 1 atom stereocenters. The fourth-order valence-electron chi connectivity index (χ4n) is 3.05. The fourth-order valence-corrected chi connectivity index (χ4v) is 3.92. The first-order valence-electron chi connectivity index (χ1n) is 9.31. The highest BCUT2D eigenvalue weighted by Gasteiger charge is 2.22. The van der Waals surface area contributed by atoms with Crippen LogP contribution in [0.1, 0.15) is 21.1 Å². The first-order chi connectivity index (χ1) is 13.4. The van der Waals surface area contributed by atoms with Gasteiger partial charge in [0.1, 0.15) is 16.4 Å². The Balaban J connectivity index is 1.64. The van der Waals surface area contributed by atoms with Gasteiger partial charge in [-0.15, -0.1) is 11.3 Å². The monoisotopic (exact) mass is 398 g/mol. The Morgan fingerprint density at radius 2 is 1.68 bits per heavy atom. The zero-order valence-electron chi connectivity index (χ0n) is 16.7. The molecule has 2 N–H and O–H groups in total. The molecule has 0 aliphatic carbocycles. The lowest BCUT2D eigenvalue weighted by Gasteiger charge is -2.26. The molecule has 7 heteroatoms. The number of rotatable bonds is 9. The molecule has 0 amide bonds. The highest BCUT2D eigenvalue weighted by molar-refractivity contribution is 7.11. The predicted octanol–water partition coefficient (Wildman–Crippen LogP) is 2.55. The van der Waals surface area contributed by atoms with Crippen molar-refractivity contribution in [1.29, 1.82) is 0 Å². The molecule has 6 nitrogen and oxygen atoms in total. The molecule has 28 heavy (non-hydrogen) atoms. The molecule has 1 heterocycles. The molecule has 0 aliphatic rings. The van der Waals surface area contributed by atoms with Crippen LogP contribution in [0, 0.1) is 13.8 Å². The molecule has 0 spiro atoms. The number of nitrogens with one attached hydrogen (secondary N) is 2. The third-order valence-electron chi connectivity index (χ3n) is 4.96. The average molecular weight is 399 g/mol. The van der Waals surface area contributed by atoms with Gasteiger partial charge in [-0.1, -0.05) is 30.3 Å². The lowest BCUT2D eigenvalue weighted by atomic mass is 10.0. The Morgan fingerprint density at radius 3 is 2.25 bits per heavy atom. The summed E-state index contributed by atoms with van der Waals surface area (Å²) in [6, 6.07) is 10.4. The number of thiazole rings is 1. The highest BCUT2D eigenvalue weighted by atomic mass is 32.1. The minimum Gasteiger partial charge on any atom is -0.378 e. The highest BCUT2D eigenvalue weighted by Crippen LogP contribution is 2.20. The van der Waals surface area contributed by atoms with Gasteiger partial charge in [0, 0.05) is 17.5 Å². The van der Waals surface area contributed by atoms with Gasteiger partial charge in [-0.2, -0.15) is 0 Å². The minimum absolute atomic E-state index is 0.198. The quantitative estimate of drug-likeness (QED) is 0.540. The van der Waals surface area contributed by atoms with E-state index >= 15 is 0 Å². The van der Waals surface area contributed by atoms with Crippen LogP contribution in [-0.2, 0) is 13.0 Å². The second-order valence-electron chi connectivity index (χ2n) is 7.20. The zero-order chi connectivity index (χ0) is 20.3. The molecule has 0 aliphatic heterocycles. The van der Waals surface area contributed by atoms with E-state index in [9.17, 15) is 9.59 Å². The lowest BCUT2D eigenvalue weighted by molar-refractivity contribution is 0.303. The van der Waals surface area contributed by atoms with Crippen LogP contribution in [0.4, 0.5) is 11.4 Å². The number of aryl methyl sites for hydroxylation is 2. The third kappa shape index (κ3) is 4.48. The second-order valence-corrected chi connectivity index (χ2v) is 8.49. The number of benzene rings is 1. The molecule has 0 bridgehead atoms. The zero-order valence-corrected chi connectivity index (χ0v) is 17.5. The second kappa shape index (κ2) is 8.67. The fraction of sp³-hybridized carbons (Fsp3) is 0.381. The Hall–Kier alpha value is -2.51. The van der Waals surface area contributed by atoms with Crippen molar-refractivity contribution in [2.45, 2.75) is 32.9 Å². The van der Waals surface area contributed by atoms with E-state index in [0.29, 0.717) is 24.5 Å². The van der Waals surface area contributed by atoms with Gasteiger partial charge in [0.15, 0.2) is 0 Å². The van der Waals surface area contributed by atoms with Gasteiger partial charge in [-0.3, -0.25) is 9.59 Å². The maximum absolute atomic E-state index is 12.0. The van der Waals surface area contributed by atoms with Gasteiger partial charge in [-0.05, 0) is 39.9 Å². The summed E-state index contributed by atoms with van der Waals surface area (Å²) in [6.45, 7) is 5.01. The van der Waals surface area contributed by atoms with Gasteiger partial charge in [0.2, 0.25) is 0 Å². The Morgan fingerprint density at radius 1 is 1.04 bits per heavy atom. The molecule has 1 aromatic heterocycles. The van der Waals surface area contributed by atoms with E-state index in [4.69, 9.17) is 0 Å². The van der Waals surface area contributed by atoms with Crippen LogP contribution in [0.2, 0.25) is 0 Å². The van der Waals surface area contributed by atoms with Crippen molar-refractivity contribution in [3.8, 4) is 0 Å². The Kier molecular flexibility index (Phi) is 6.26. The molecule has 3 aromatic rings. The standard InChI is InChI=1S/C21H26N4O2S/c1-13-14(2)28-17(24-13)12-23-19-18(20(26)21(19)27)22-11-16(25(3)4)10-15-8-6-5-7-9-15/h5-9,16,22-23H,10-12H2,1-4H3. The number of hydrogen-bond donors (Lipinski definition) is 2. The number of aromatic nitrogens is 1. The summed E-state index contributed by atoms with van der Waals surface area (Å²) in [4.78, 5) is 31.8. The van der Waals surface area contributed by atoms with Crippen molar-refractivity contribution in [1.82, 2.24) is 9.88 Å². The maximum Gasteiger partial charge on any atom is 0.253 e. The normalized spacial score (nSPS) is 12.5. The van der Waals surface area contributed by atoms with E-state index < -0.39 is 10.9 Å². The van der Waals surface area contributed by atoms with Gasteiger partial charge in [0.05, 0.1) is 12.2 Å². The van der Waals surface area contributed by atoms with Crippen molar-refractivity contribution in [3.05, 3.63) is 71.9 Å². The molecule has 2 aromatic carbocycles. The van der Waals surface area contributed by atoms with Crippen molar-refractivity contribution in [2.24, 2.45) is 0 Å². The summed E-state index contributed by atoms with van der Waals surface area (Å²) in [5.41, 5.74) is 2.08. The van der Waals surface area contributed by atoms with Crippen LogP contribution in [-0.4, -0.2) is 36.6 Å². The maximum atomic E-state index is 12.0. The molecular weight excluding hydrogens is 372 g/mol. The summed E-state index contributed by atoms with van der Waals surface area (Å²) in [7, 11) is 4.04. The van der Waals surface area contributed by atoms with E-state index in [1.807, 2.05) is 46.1 Å². The SMILES string of the molecule is Cc1nc(CNc2c(NCC(Cc3ccccc3)N(C)C)c(=O)c2=O)sc1C. The van der Waals surface area contributed by atoms with Crippen molar-refractivity contribution in [2.75, 3.05) is 31.3 Å². The molecule has 1 unspecified atom stereocenters. The number of likely N-dealkylation sites (N-methyl/N-ethyl adjacent to an activating group) is 1. The predicted molar refractivity (Wildman–Crippen MR) is 116 cm³/mol. The van der Waals surface area contributed by atoms with E-state index in [0.717, 1.165) is 22.0 Å². The topological polar surface area (TPSA) is 74.3 Å². The summed E-state index contributed by atoms with van der Waals surface area (Å²) in [5.74, 6) is 0. The molecule has 3 rings (SSSR count). The van der Waals surface area contributed by atoms with Gasteiger partial charge < -0.3 is 15.5 Å². The van der Waals surface area contributed by atoms with Crippen LogP contribution >= 0.6 is 11.3 Å².